The van der Waals surface area contributed by atoms with Gasteiger partial charge < -0.3 is 9.47 Å². The molecule has 0 saturated heterocycles. The lowest BCUT2D eigenvalue weighted by molar-refractivity contribution is -0.207. The topological polar surface area (TPSA) is 86.7 Å². The molecule has 0 radical (unpaired) electrons. The Morgan fingerprint density at radius 1 is 1.21 bits per heavy atom. The molecule has 4 aliphatic carbocycles. The number of carbonyl (C=O) groups is 4. The standard InChI is InChI=1S/C27H33FO6/c1-5-6-24(32)34-23-14-25(3)19(9-10-21(25)22(31)15-33-16(2)29)20-8-7-17-13-18(30)11-12-26(17,4)27(20,23)28/h10-13,19-20,23H,5-9,14-15H2,1-4H3/t19-,20-,23+,25-,26-,27-/m0/s1. The van der Waals surface area contributed by atoms with Crippen LogP contribution < -0.4 is 0 Å². The third-order valence-corrected chi connectivity index (χ3v) is 8.63. The third kappa shape index (κ3) is 3.59. The van der Waals surface area contributed by atoms with Gasteiger partial charge in [0.2, 0.25) is 0 Å². The van der Waals surface area contributed by atoms with Crippen molar-refractivity contribution in [1.29, 1.82) is 0 Å². The number of hydrogen-bond donors (Lipinski definition) is 0. The molecule has 7 heteroatoms. The van der Waals surface area contributed by atoms with E-state index in [-0.39, 0.29) is 36.9 Å². The van der Waals surface area contributed by atoms with Gasteiger partial charge in [0.25, 0.3) is 0 Å². The van der Waals surface area contributed by atoms with Crippen LogP contribution in [0.1, 0.15) is 66.2 Å². The molecular weight excluding hydrogens is 439 g/mol. The molecule has 2 fully saturated rings. The van der Waals surface area contributed by atoms with Gasteiger partial charge in [-0.2, -0.15) is 0 Å². The van der Waals surface area contributed by atoms with E-state index < -0.39 is 40.5 Å². The van der Waals surface area contributed by atoms with E-state index >= 15 is 4.39 Å². The van der Waals surface area contributed by atoms with E-state index in [1.54, 1.807) is 13.0 Å². The second kappa shape index (κ2) is 8.58. The van der Waals surface area contributed by atoms with E-state index in [1.165, 1.54) is 19.1 Å². The molecule has 0 aliphatic heterocycles. The summed E-state index contributed by atoms with van der Waals surface area (Å²) in [5.41, 5.74) is -2.44. The summed E-state index contributed by atoms with van der Waals surface area (Å²) in [6, 6.07) is 0. The van der Waals surface area contributed by atoms with E-state index in [0.717, 1.165) is 5.57 Å². The first kappa shape index (κ1) is 24.6. The number of alkyl halides is 1. The van der Waals surface area contributed by atoms with Gasteiger partial charge in [-0.3, -0.25) is 19.2 Å². The van der Waals surface area contributed by atoms with E-state index in [1.807, 2.05) is 19.9 Å². The number of Topliss-reactive ketones (excluding diaryl/α,β-unsaturated/α-hetero) is 1. The van der Waals surface area contributed by atoms with Crippen LogP contribution >= 0.6 is 0 Å². The van der Waals surface area contributed by atoms with Crippen molar-refractivity contribution < 1.29 is 33.0 Å². The molecule has 6 atom stereocenters. The molecule has 2 saturated carbocycles. The van der Waals surface area contributed by atoms with Crippen LogP contribution in [-0.4, -0.2) is 41.9 Å². The fraction of sp³-hybridized carbons (Fsp3) is 0.630. The zero-order chi connectivity index (χ0) is 24.9. The highest BCUT2D eigenvalue weighted by Gasteiger charge is 2.71. The molecule has 0 N–H and O–H groups in total. The molecular formula is C27H33FO6. The molecule has 0 unspecified atom stereocenters. The summed E-state index contributed by atoms with van der Waals surface area (Å²) >= 11 is 0. The highest BCUT2D eigenvalue weighted by Crippen LogP contribution is 2.68. The Bertz CT molecular complexity index is 1020. The predicted octanol–water partition coefficient (Wildman–Crippen LogP) is 4.38. The molecule has 0 aromatic heterocycles. The Labute approximate surface area is 199 Å². The van der Waals surface area contributed by atoms with Gasteiger partial charge in [0, 0.05) is 35.7 Å². The van der Waals surface area contributed by atoms with E-state index in [4.69, 9.17) is 9.47 Å². The number of rotatable bonds is 6. The van der Waals surface area contributed by atoms with Gasteiger partial charge in [0.15, 0.2) is 23.8 Å². The molecule has 0 amide bonds. The van der Waals surface area contributed by atoms with E-state index in [9.17, 15) is 19.2 Å². The van der Waals surface area contributed by atoms with Gasteiger partial charge in [-0.25, -0.2) is 4.39 Å². The lowest BCUT2D eigenvalue weighted by atomic mass is 9.45. The van der Waals surface area contributed by atoms with Crippen molar-refractivity contribution in [2.75, 3.05) is 6.61 Å². The average Bonchev–Trinajstić information content (AvgIpc) is 3.10. The Kier molecular flexibility index (Phi) is 6.19. The van der Waals surface area contributed by atoms with Crippen molar-refractivity contribution in [3.8, 4) is 0 Å². The van der Waals surface area contributed by atoms with Gasteiger partial charge in [-0.1, -0.05) is 31.6 Å². The summed E-state index contributed by atoms with van der Waals surface area (Å²) in [7, 11) is 0. The number of fused-ring (bicyclic) bond motifs is 5. The summed E-state index contributed by atoms with van der Waals surface area (Å²) in [6.07, 6.45) is 7.87. The Hall–Kier alpha value is -2.57. The highest BCUT2D eigenvalue weighted by molar-refractivity contribution is 6.01. The van der Waals surface area contributed by atoms with Crippen molar-refractivity contribution in [2.45, 2.75) is 78.0 Å². The number of halogens is 1. The lowest BCUT2D eigenvalue weighted by Crippen LogP contribution is -2.67. The zero-order valence-electron chi connectivity index (χ0n) is 20.3. The highest BCUT2D eigenvalue weighted by atomic mass is 19.1. The fourth-order valence-electron chi connectivity index (χ4n) is 6.97. The maximum absolute atomic E-state index is 17.7. The maximum Gasteiger partial charge on any atom is 0.306 e. The zero-order valence-corrected chi connectivity index (χ0v) is 20.3. The molecule has 4 aliphatic rings. The van der Waals surface area contributed by atoms with Gasteiger partial charge in [0.1, 0.15) is 6.10 Å². The van der Waals surface area contributed by atoms with Crippen LogP contribution in [0.4, 0.5) is 4.39 Å². The molecule has 0 heterocycles. The summed E-state index contributed by atoms with van der Waals surface area (Å²) < 4.78 is 28.5. The second-order valence-corrected chi connectivity index (χ2v) is 10.5. The van der Waals surface area contributed by atoms with Crippen molar-refractivity contribution in [3.05, 3.63) is 35.5 Å². The third-order valence-electron chi connectivity index (χ3n) is 8.63. The Morgan fingerprint density at radius 2 is 1.94 bits per heavy atom. The number of ether oxygens (including phenoxy) is 2. The van der Waals surface area contributed by atoms with Crippen LogP contribution in [0.3, 0.4) is 0 Å². The largest absolute Gasteiger partial charge is 0.459 e. The summed E-state index contributed by atoms with van der Waals surface area (Å²) in [6.45, 7) is 6.49. The number of esters is 2. The van der Waals surface area contributed by atoms with E-state index in [2.05, 4.69) is 0 Å². The van der Waals surface area contributed by atoms with Gasteiger partial charge in [-0.05, 0) is 57.1 Å². The molecule has 6 nitrogen and oxygen atoms in total. The first-order valence-electron chi connectivity index (χ1n) is 12.2. The summed E-state index contributed by atoms with van der Waals surface area (Å²) in [5.74, 6) is -2.09. The molecule has 0 aromatic rings. The number of ketones is 2. The fourth-order valence-corrected chi connectivity index (χ4v) is 6.97. The molecule has 0 aromatic carbocycles. The van der Waals surface area contributed by atoms with Crippen LogP contribution in [0.15, 0.2) is 35.5 Å². The van der Waals surface area contributed by atoms with E-state index in [0.29, 0.717) is 31.3 Å². The maximum atomic E-state index is 17.7. The molecule has 0 bridgehead atoms. The normalized spacial score (nSPS) is 38.1. The predicted molar refractivity (Wildman–Crippen MR) is 122 cm³/mol. The number of carbonyl (C=O) groups excluding carboxylic acids is 4. The van der Waals surface area contributed by atoms with Gasteiger partial charge in [-0.15, -0.1) is 0 Å². The molecule has 34 heavy (non-hydrogen) atoms. The van der Waals surface area contributed by atoms with Crippen LogP contribution in [0, 0.1) is 22.7 Å². The SMILES string of the molecule is CCCC(=O)O[C@@H]1C[C@]2(C)C(C(=O)COC(C)=O)=CC[C@H]2[C@@H]2CCC3=CC(=O)C=C[C@]3(C)[C@@]12F. The first-order chi connectivity index (χ1) is 16.0. The van der Waals surface area contributed by atoms with Crippen molar-refractivity contribution >= 4 is 23.5 Å². The average molecular weight is 473 g/mol. The van der Waals surface area contributed by atoms with Gasteiger partial charge >= 0.3 is 11.9 Å². The van der Waals surface area contributed by atoms with Crippen LogP contribution in [0.25, 0.3) is 0 Å². The number of allylic oxidation sites excluding steroid dienone is 5. The monoisotopic (exact) mass is 472 g/mol. The first-order valence-corrected chi connectivity index (χ1v) is 12.2. The van der Waals surface area contributed by atoms with Crippen LogP contribution in [-0.2, 0) is 28.7 Å². The summed E-state index contributed by atoms with van der Waals surface area (Å²) in [4.78, 5) is 48.9. The van der Waals surface area contributed by atoms with Crippen molar-refractivity contribution in [1.82, 2.24) is 0 Å². The van der Waals surface area contributed by atoms with Crippen molar-refractivity contribution in [2.24, 2.45) is 22.7 Å². The Morgan fingerprint density at radius 3 is 2.62 bits per heavy atom. The van der Waals surface area contributed by atoms with Gasteiger partial charge in [0.05, 0.1) is 0 Å². The Balaban J connectivity index is 1.75. The summed E-state index contributed by atoms with van der Waals surface area (Å²) in [5, 5.41) is 0. The molecule has 184 valence electrons. The van der Waals surface area contributed by atoms with Crippen molar-refractivity contribution in [3.63, 3.8) is 0 Å². The van der Waals surface area contributed by atoms with Crippen LogP contribution in [0.5, 0.6) is 0 Å². The minimum atomic E-state index is -1.91. The lowest BCUT2D eigenvalue weighted by Gasteiger charge is -2.62. The molecule has 4 rings (SSSR count). The smallest absolute Gasteiger partial charge is 0.306 e. The second-order valence-electron chi connectivity index (χ2n) is 10.5. The minimum Gasteiger partial charge on any atom is -0.459 e. The van der Waals surface area contributed by atoms with Crippen LogP contribution in [0.2, 0.25) is 0 Å². The quantitative estimate of drug-likeness (QED) is 0.534. The molecule has 0 spiro atoms. The number of hydrogen-bond acceptors (Lipinski definition) is 6. The minimum absolute atomic E-state index is 0.155.